The molecule has 0 radical (unpaired) electrons. The molecule has 4 aromatic carbocycles. The number of nitrogens with one attached hydrogen (secondary N) is 1. The van der Waals surface area contributed by atoms with Crippen LogP contribution < -0.4 is 19.1 Å². The Morgan fingerprint density at radius 2 is 1.46 bits per heavy atom. The molecule has 0 aliphatic rings. The van der Waals surface area contributed by atoms with Crippen molar-refractivity contribution in [3.63, 3.8) is 0 Å². The topological polar surface area (TPSA) is 105 Å². The van der Waals surface area contributed by atoms with Gasteiger partial charge < -0.3 is 19.7 Å². The van der Waals surface area contributed by atoms with Gasteiger partial charge in [-0.2, -0.15) is 0 Å². The summed E-state index contributed by atoms with van der Waals surface area (Å²) in [6.45, 7) is 1.27. The Bertz CT molecular complexity index is 1730. The third-order valence-corrected chi connectivity index (χ3v) is 9.77. The molecule has 0 saturated heterocycles. The molecular formula is C34H35Cl2N3O6S. The van der Waals surface area contributed by atoms with Crippen LogP contribution in [0.4, 0.5) is 5.69 Å². The monoisotopic (exact) mass is 683 g/mol. The molecule has 4 aromatic rings. The fourth-order valence-corrected chi connectivity index (χ4v) is 6.87. The quantitative estimate of drug-likeness (QED) is 0.175. The van der Waals surface area contributed by atoms with Crippen molar-refractivity contribution in [1.82, 2.24) is 10.2 Å². The van der Waals surface area contributed by atoms with Crippen molar-refractivity contribution in [3.8, 4) is 11.5 Å². The first kappa shape index (κ1) is 34.6. The van der Waals surface area contributed by atoms with Crippen LogP contribution in [0.3, 0.4) is 0 Å². The van der Waals surface area contributed by atoms with E-state index in [0.29, 0.717) is 27.9 Å². The maximum Gasteiger partial charge on any atom is 0.264 e. The summed E-state index contributed by atoms with van der Waals surface area (Å²) in [4.78, 5) is 29.5. The molecular weight excluding hydrogens is 649 g/mol. The van der Waals surface area contributed by atoms with E-state index in [4.69, 9.17) is 32.7 Å². The number of carbonyl (C=O) groups excluding carboxylic acids is 2. The summed E-state index contributed by atoms with van der Waals surface area (Å²) < 4.78 is 40.2. The molecule has 0 aliphatic carbocycles. The molecule has 0 aromatic heterocycles. The molecule has 0 fully saturated rings. The number of nitrogens with zero attached hydrogens (tertiary/aromatic N) is 2. The zero-order valence-electron chi connectivity index (χ0n) is 25.7. The van der Waals surface area contributed by atoms with Crippen LogP contribution in [0.1, 0.15) is 18.1 Å². The lowest BCUT2D eigenvalue weighted by molar-refractivity contribution is -0.140. The van der Waals surface area contributed by atoms with E-state index in [1.54, 1.807) is 49.4 Å². The predicted molar refractivity (Wildman–Crippen MR) is 180 cm³/mol. The summed E-state index contributed by atoms with van der Waals surface area (Å²) in [5, 5.41) is 3.42. The van der Waals surface area contributed by atoms with Gasteiger partial charge in [0.2, 0.25) is 11.8 Å². The number of methoxy groups -OCH3 is 2. The normalized spacial score (nSPS) is 11.8. The van der Waals surface area contributed by atoms with Gasteiger partial charge >= 0.3 is 0 Å². The van der Waals surface area contributed by atoms with Crippen molar-refractivity contribution in [3.05, 3.63) is 118 Å². The molecule has 0 saturated carbocycles. The highest BCUT2D eigenvalue weighted by molar-refractivity contribution is 7.92. The summed E-state index contributed by atoms with van der Waals surface area (Å²) >= 11 is 13.1. The lowest BCUT2D eigenvalue weighted by atomic mass is 10.0. The van der Waals surface area contributed by atoms with Crippen LogP contribution in [0.25, 0.3) is 0 Å². The Morgan fingerprint density at radius 1 is 0.826 bits per heavy atom. The van der Waals surface area contributed by atoms with Gasteiger partial charge in [0.05, 0.1) is 24.8 Å². The minimum atomic E-state index is -4.35. The summed E-state index contributed by atoms with van der Waals surface area (Å²) in [5.41, 5.74) is 1.36. The average Bonchev–Trinajstić information content (AvgIpc) is 3.06. The van der Waals surface area contributed by atoms with Crippen LogP contribution >= 0.6 is 23.2 Å². The van der Waals surface area contributed by atoms with E-state index in [-0.39, 0.29) is 29.3 Å². The van der Waals surface area contributed by atoms with Crippen molar-refractivity contribution < 1.29 is 27.5 Å². The maximum absolute atomic E-state index is 14.6. The van der Waals surface area contributed by atoms with Crippen molar-refractivity contribution in [2.75, 3.05) is 31.6 Å². The fraction of sp³-hybridized carbons (Fsp3) is 0.235. The summed E-state index contributed by atoms with van der Waals surface area (Å²) in [5.74, 6) is -0.374. The highest BCUT2D eigenvalue weighted by Crippen LogP contribution is 2.34. The van der Waals surface area contributed by atoms with Gasteiger partial charge in [-0.25, -0.2) is 8.42 Å². The molecule has 2 amide bonds. The number of carbonyl (C=O) groups is 2. The average molecular weight is 685 g/mol. The summed E-state index contributed by atoms with van der Waals surface area (Å²) in [6.07, 6.45) is 0.153. The standard InChI is InChI=1S/C34H35Cl2N3O6S/c1-4-37-34(41)31(21-24-11-6-5-7-12-24)38(22-27-28(35)13-10-14-29(27)36)33(40)23-39(30-15-8-9-16-32(30)45-3)46(42,43)26-19-17-25(44-2)18-20-26/h5-20,31H,4,21-23H2,1-3H3,(H,37,41)/t31-/m0/s1. The molecule has 12 heteroatoms. The Balaban J connectivity index is 1.85. The van der Waals surface area contributed by atoms with Crippen LogP contribution in [0.5, 0.6) is 11.5 Å². The minimum Gasteiger partial charge on any atom is -0.497 e. The number of hydrogen-bond acceptors (Lipinski definition) is 6. The van der Waals surface area contributed by atoms with Gasteiger partial charge in [-0.3, -0.25) is 13.9 Å². The van der Waals surface area contributed by atoms with Crippen molar-refractivity contribution in [2.24, 2.45) is 0 Å². The zero-order chi connectivity index (χ0) is 33.3. The molecule has 0 spiro atoms. The van der Waals surface area contributed by atoms with Gasteiger partial charge in [-0.1, -0.05) is 71.7 Å². The van der Waals surface area contributed by atoms with Crippen LogP contribution in [0.15, 0.2) is 102 Å². The van der Waals surface area contributed by atoms with Crippen LogP contribution in [0, 0.1) is 0 Å². The summed E-state index contributed by atoms with van der Waals surface area (Å²) in [6, 6.07) is 25.5. The smallest absolute Gasteiger partial charge is 0.264 e. The van der Waals surface area contributed by atoms with E-state index in [1.165, 1.54) is 43.4 Å². The van der Waals surface area contributed by atoms with Gasteiger partial charge in [0.1, 0.15) is 24.1 Å². The number of hydrogen-bond donors (Lipinski definition) is 1. The van der Waals surface area contributed by atoms with E-state index < -0.39 is 34.4 Å². The number of rotatable bonds is 14. The van der Waals surface area contributed by atoms with Gasteiger partial charge in [0.15, 0.2) is 0 Å². The molecule has 4 rings (SSSR count). The molecule has 0 aliphatic heterocycles. The molecule has 1 N–H and O–H groups in total. The van der Waals surface area contributed by atoms with E-state index in [2.05, 4.69) is 5.32 Å². The number of benzene rings is 4. The SMILES string of the molecule is CCNC(=O)[C@H](Cc1ccccc1)N(Cc1c(Cl)cccc1Cl)C(=O)CN(c1ccccc1OC)S(=O)(=O)c1ccc(OC)cc1. The summed E-state index contributed by atoms with van der Waals surface area (Å²) in [7, 11) is -1.46. The number of anilines is 1. The van der Waals surface area contributed by atoms with Crippen molar-refractivity contribution in [2.45, 2.75) is 30.8 Å². The molecule has 0 bridgehead atoms. The number of sulfonamides is 1. The first-order chi connectivity index (χ1) is 22.1. The highest BCUT2D eigenvalue weighted by atomic mass is 35.5. The number of halogens is 2. The molecule has 46 heavy (non-hydrogen) atoms. The lowest BCUT2D eigenvalue weighted by Gasteiger charge is -2.34. The number of amides is 2. The van der Waals surface area contributed by atoms with E-state index >= 15 is 0 Å². The van der Waals surface area contributed by atoms with Crippen molar-refractivity contribution in [1.29, 1.82) is 0 Å². The Morgan fingerprint density at radius 3 is 2.07 bits per heavy atom. The Kier molecular flexibility index (Phi) is 11.9. The molecule has 0 unspecified atom stereocenters. The second-order valence-corrected chi connectivity index (χ2v) is 12.9. The van der Waals surface area contributed by atoms with Crippen LogP contribution in [-0.2, 0) is 32.6 Å². The minimum absolute atomic E-state index is 0.0720. The number of likely N-dealkylation sites (N-methyl/N-ethyl adjacent to an activating group) is 1. The first-order valence-corrected chi connectivity index (χ1v) is 16.6. The highest BCUT2D eigenvalue weighted by Gasteiger charge is 2.36. The molecule has 0 heterocycles. The van der Waals surface area contributed by atoms with E-state index in [1.807, 2.05) is 30.3 Å². The van der Waals surface area contributed by atoms with E-state index in [0.717, 1.165) is 9.87 Å². The van der Waals surface area contributed by atoms with Crippen molar-refractivity contribution >= 4 is 50.7 Å². The first-order valence-electron chi connectivity index (χ1n) is 14.4. The largest absolute Gasteiger partial charge is 0.497 e. The maximum atomic E-state index is 14.6. The number of ether oxygens (including phenoxy) is 2. The predicted octanol–water partition coefficient (Wildman–Crippen LogP) is 5.98. The fourth-order valence-electron chi connectivity index (χ4n) is 4.92. The van der Waals surface area contributed by atoms with Crippen LogP contribution in [0.2, 0.25) is 10.0 Å². The second kappa shape index (κ2) is 15.8. The zero-order valence-corrected chi connectivity index (χ0v) is 28.0. The van der Waals surface area contributed by atoms with Gasteiger partial charge in [-0.05, 0) is 61.0 Å². The molecule has 242 valence electrons. The number of para-hydroxylation sites is 2. The van der Waals surface area contributed by atoms with Gasteiger partial charge in [0, 0.05) is 35.1 Å². The molecule has 1 atom stereocenters. The van der Waals surface area contributed by atoms with Gasteiger partial charge in [-0.15, -0.1) is 0 Å². The lowest BCUT2D eigenvalue weighted by Crippen LogP contribution is -2.53. The second-order valence-electron chi connectivity index (χ2n) is 10.2. The van der Waals surface area contributed by atoms with Crippen LogP contribution in [-0.4, -0.2) is 58.5 Å². The third kappa shape index (κ3) is 8.12. The Hall–Kier alpha value is -4.25. The van der Waals surface area contributed by atoms with Gasteiger partial charge in [0.25, 0.3) is 10.0 Å². The van der Waals surface area contributed by atoms with E-state index in [9.17, 15) is 18.0 Å². The third-order valence-electron chi connectivity index (χ3n) is 7.29. The molecule has 9 nitrogen and oxygen atoms in total. The Labute approximate surface area is 279 Å².